The molecule has 1 aliphatic heterocycles. The van der Waals surface area contributed by atoms with E-state index in [4.69, 9.17) is 9.26 Å². The fraction of sp³-hybridized carbons (Fsp3) is 0.308. The number of likely N-dealkylation sites (N-methyl/N-ethyl adjacent to an activating group) is 1. The Balaban J connectivity index is 2.04. The highest BCUT2D eigenvalue weighted by atomic mass is 16.5. The molecule has 17 heavy (non-hydrogen) atoms. The van der Waals surface area contributed by atoms with E-state index in [2.05, 4.69) is 28.7 Å². The van der Waals surface area contributed by atoms with Crippen molar-refractivity contribution in [3.05, 3.63) is 41.8 Å². The number of fused-ring (bicyclic) bond motifs is 1. The van der Waals surface area contributed by atoms with Crippen LogP contribution in [0.1, 0.15) is 17.2 Å². The van der Waals surface area contributed by atoms with Crippen molar-refractivity contribution < 1.29 is 9.26 Å². The third kappa shape index (κ3) is 1.75. The van der Waals surface area contributed by atoms with Crippen LogP contribution in [0.4, 0.5) is 0 Å². The summed E-state index contributed by atoms with van der Waals surface area (Å²) in [4.78, 5) is 0. The first-order valence-corrected chi connectivity index (χ1v) is 5.68. The van der Waals surface area contributed by atoms with Gasteiger partial charge in [-0.15, -0.1) is 0 Å². The van der Waals surface area contributed by atoms with E-state index >= 15 is 0 Å². The maximum atomic E-state index is 5.79. The van der Waals surface area contributed by atoms with E-state index < -0.39 is 0 Å². The van der Waals surface area contributed by atoms with Crippen LogP contribution in [0.15, 0.2) is 35.2 Å². The van der Waals surface area contributed by atoms with E-state index in [0.29, 0.717) is 6.61 Å². The van der Waals surface area contributed by atoms with Crippen molar-refractivity contribution in [3.63, 3.8) is 0 Å². The molecule has 2 aromatic rings. The minimum Gasteiger partial charge on any atom is -0.367 e. The van der Waals surface area contributed by atoms with Gasteiger partial charge in [0.2, 0.25) is 0 Å². The number of nitrogens with one attached hydrogen (secondary N) is 1. The van der Waals surface area contributed by atoms with Crippen LogP contribution in [0.3, 0.4) is 0 Å². The molecule has 1 unspecified atom stereocenters. The molecule has 1 aromatic heterocycles. The Morgan fingerprint density at radius 2 is 2.41 bits per heavy atom. The van der Waals surface area contributed by atoms with E-state index in [0.717, 1.165) is 17.7 Å². The topological polar surface area (TPSA) is 47.3 Å². The summed E-state index contributed by atoms with van der Waals surface area (Å²) in [6, 6.07) is 6.26. The Hall–Kier alpha value is -1.65. The number of nitrogens with zero attached hydrogens (tertiary/aromatic N) is 1. The van der Waals surface area contributed by atoms with Crippen molar-refractivity contribution in [2.24, 2.45) is 0 Å². The van der Waals surface area contributed by atoms with E-state index in [9.17, 15) is 0 Å². The van der Waals surface area contributed by atoms with Gasteiger partial charge in [-0.1, -0.05) is 23.4 Å². The van der Waals surface area contributed by atoms with E-state index in [-0.39, 0.29) is 6.10 Å². The van der Waals surface area contributed by atoms with Crippen molar-refractivity contribution in [2.75, 3.05) is 13.6 Å². The number of hydrogen-bond donors (Lipinski definition) is 1. The first kappa shape index (κ1) is 10.5. The van der Waals surface area contributed by atoms with Gasteiger partial charge in [0.1, 0.15) is 6.26 Å². The molecule has 1 aromatic carbocycles. The van der Waals surface area contributed by atoms with Crippen molar-refractivity contribution in [1.82, 2.24) is 10.5 Å². The standard InChI is InChI=1S/C13H14N2O2/c1-14-6-13-11-4-2-3-10(12(11)8-16-13)9-5-15-17-7-9/h2-5,7,13-14H,6,8H2,1H3. The number of rotatable bonds is 3. The summed E-state index contributed by atoms with van der Waals surface area (Å²) >= 11 is 0. The van der Waals surface area contributed by atoms with Crippen LogP contribution < -0.4 is 5.32 Å². The van der Waals surface area contributed by atoms with Crippen molar-refractivity contribution in [2.45, 2.75) is 12.7 Å². The Bertz CT molecular complexity index is 508. The van der Waals surface area contributed by atoms with Crippen LogP contribution in [0, 0.1) is 0 Å². The molecule has 0 bridgehead atoms. The second-order valence-corrected chi connectivity index (χ2v) is 4.14. The molecular formula is C13H14N2O2. The zero-order chi connectivity index (χ0) is 11.7. The lowest BCUT2D eigenvalue weighted by Crippen LogP contribution is -2.16. The summed E-state index contributed by atoms with van der Waals surface area (Å²) < 4.78 is 10.7. The summed E-state index contributed by atoms with van der Waals surface area (Å²) in [6.07, 6.45) is 3.55. The fourth-order valence-electron chi connectivity index (χ4n) is 2.30. The maximum Gasteiger partial charge on any atom is 0.131 e. The average molecular weight is 230 g/mol. The summed E-state index contributed by atoms with van der Waals surface area (Å²) in [7, 11) is 1.94. The van der Waals surface area contributed by atoms with Crippen LogP contribution in [-0.4, -0.2) is 18.7 Å². The molecule has 3 rings (SSSR count). The number of aromatic nitrogens is 1. The van der Waals surface area contributed by atoms with Crippen LogP contribution in [0.25, 0.3) is 11.1 Å². The monoisotopic (exact) mass is 230 g/mol. The van der Waals surface area contributed by atoms with Gasteiger partial charge in [0.25, 0.3) is 0 Å². The molecule has 4 nitrogen and oxygen atoms in total. The summed E-state index contributed by atoms with van der Waals surface area (Å²) in [5, 5.41) is 6.90. The predicted molar refractivity (Wildman–Crippen MR) is 63.4 cm³/mol. The Morgan fingerprint density at radius 1 is 1.47 bits per heavy atom. The molecule has 0 saturated heterocycles. The van der Waals surface area contributed by atoms with Gasteiger partial charge in [-0.3, -0.25) is 0 Å². The molecule has 0 amide bonds. The van der Waals surface area contributed by atoms with Gasteiger partial charge in [-0.05, 0) is 23.7 Å². The summed E-state index contributed by atoms with van der Waals surface area (Å²) in [5.74, 6) is 0. The SMILES string of the molecule is CNCC1OCc2c(-c3cnoc3)cccc21. The maximum absolute atomic E-state index is 5.79. The van der Waals surface area contributed by atoms with Crippen LogP contribution in [0.5, 0.6) is 0 Å². The largest absolute Gasteiger partial charge is 0.367 e. The molecule has 1 N–H and O–H groups in total. The summed E-state index contributed by atoms with van der Waals surface area (Å²) in [6.45, 7) is 1.49. The van der Waals surface area contributed by atoms with E-state index in [1.807, 2.05) is 7.05 Å². The third-order valence-electron chi connectivity index (χ3n) is 3.12. The van der Waals surface area contributed by atoms with Gasteiger partial charge in [0.05, 0.1) is 18.9 Å². The van der Waals surface area contributed by atoms with Crippen molar-refractivity contribution >= 4 is 0 Å². The molecule has 88 valence electrons. The second kappa shape index (κ2) is 4.31. The molecule has 4 heteroatoms. The highest BCUT2D eigenvalue weighted by Gasteiger charge is 2.25. The lowest BCUT2D eigenvalue weighted by molar-refractivity contribution is 0.0675. The van der Waals surface area contributed by atoms with Gasteiger partial charge in [0, 0.05) is 12.1 Å². The Morgan fingerprint density at radius 3 is 3.18 bits per heavy atom. The first-order chi connectivity index (χ1) is 8.40. The molecule has 0 spiro atoms. The highest BCUT2D eigenvalue weighted by Crippen LogP contribution is 2.36. The number of hydrogen-bond acceptors (Lipinski definition) is 4. The van der Waals surface area contributed by atoms with E-state index in [1.54, 1.807) is 12.5 Å². The molecule has 2 heterocycles. The smallest absolute Gasteiger partial charge is 0.131 e. The Kier molecular flexibility index (Phi) is 2.66. The Labute approximate surface area is 99.6 Å². The quantitative estimate of drug-likeness (QED) is 0.877. The molecular weight excluding hydrogens is 216 g/mol. The average Bonchev–Trinajstić information content (AvgIpc) is 2.98. The van der Waals surface area contributed by atoms with Crippen LogP contribution in [-0.2, 0) is 11.3 Å². The first-order valence-electron chi connectivity index (χ1n) is 5.68. The fourth-order valence-corrected chi connectivity index (χ4v) is 2.30. The zero-order valence-electron chi connectivity index (χ0n) is 9.64. The lowest BCUT2D eigenvalue weighted by Gasteiger charge is -2.10. The van der Waals surface area contributed by atoms with Crippen LogP contribution in [0.2, 0.25) is 0 Å². The number of ether oxygens (including phenoxy) is 1. The lowest BCUT2D eigenvalue weighted by atomic mass is 9.97. The minimum atomic E-state index is 0.148. The van der Waals surface area contributed by atoms with Gasteiger partial charge in [0.15, 0.2) is 0 Å². The zero-order valence-corrected chi connectivity index (χ0v) is 9.64. The molecule has 0 aliphatic carbocycles. The normalized spacial score (nSPS) is 18.3. The van der Waals surface area contributed by atoms with Gasteiger partial charge in [-0.25, -0.2) is 0 Å². The van der Waals surface area contributed by atoms with Crippen molar-refractivity contribution in [3.8, 4) is 11.1 Å². The van der Waals surface area contributed by atoms with Crippen molar-refractivity contribution in [1.29, 1.82) is 0 Å². The molecule has 1 atom stereocenters. The van der Waals surface area contributed by atoms with Gasteiger partial charge in [-0.2, -0.15) is 0 Å². The molecule has 1 aliphatic rings. The number of benzene rings is 1. The predicted octanol–water partition coefficient (Wildman–Crippen LogP) is 2.13. The summed E-state index contributed by atoms with van der Waals surface area (Å²) in [5.41, 5.74) is 4.67. The second-order valence-electron chi connectivity index (χ2n) is 4.14. The van der Waals surface area contributed by atoms with E-state index in [1.165, 1.54) is 11.1 Å². The minimum absolute atomic E-state index is 0.148. The molecule has 0 fully saturated rings. The third-order valence-corrected chi connectivity index (χ3v) is 3.12. The molecule has 0 radical (unpaired) electrons. The van der Waals surface area contributed by atoms with Gasteiger partial charge < -0.3 is 14.6 Å². The van der Waals surface area contributed by atoms with Gasteiger partial charge >= 0.3 is 0 Å². The van der Waals surface area contributed by atoms with Crippen LogP contribution >= 0.6 is 0 Å². The molecule has 0 saturated carbocycles. The highest BCUT2D eigenvalue weighted by molar-refractivity contribution is 5.67.